The lowest BCUT2D eigenvalue weighted by Gasteiger charge is -1.99. The number of nitrogens with zero attached hydrogens (tertiary/aromatic N) is 3. The first kappa shape index (κ1) is 9.15. The van der Waals surface area contributed by atoms with Crippen LogP contribution in [0.25, 0.3) is 10.2 Å². The van der Waals surface area contributed by atoms with Crippen molar-refractivity contribution in [3.63, 3.8) is 0 Å². The minimum absolute atomic E-state index is 0.805. The van der Waals surface area contributed by atoms with Crippen LogP contribution in [0.3, 0.4) is 0 Å². The van der Waals surface area contributed by atoms with E-state index in [1.807, 2.05) is 37.2 Å². The van der Waals surface area contributed by atoms with Crippen LogP contribution in [0.2, 0.25) is 0 Å². The number of fused-ring (bicyclic) bond motifs is 1. The van der Waals surface area contributed by atoms with Crippen molar-refractivity contribution in [2.75, 3.05) is 14.1 Å². The molecule has 0 saturated carbocycles. The Morgan fingerprint density at radius 1 is 1.36 bits per heavy atom. The fourth-order valence-corrected chi connectivity index (χ4v) is 1.89. The molecule has 0 bridgehead atoms. The van der Waals surface area contributed by atoms with Gasteiger partial charge in [-0.05, 0) is 12.1 Å². The molecule has 1 heterocycles. The van der Waals surface area contributed by atoms with E-state index in [9.17, 15) is 0 Å². The van der Waals surface area contributed by atoms with Crippen molar-refractivity contribution in [2.45, 2.75) is 0 Å². The Kier molecular flexibility index (Phi) is 2.45. The van der Waals surface area contributed by atoms with Gasteiger partial charge in [0.2, 0.25) is 5.13 Å². The predicted molar refractivity (Wildman–Crippen MR) is 61.5 cm³/mol. The van der Waals surface area contributed by atoms with Crippen LogP contribution in [0.5, 0.6) is 0 Å². The first-order valence-corrected chi connectivity index (χ1v) is 5.13. The van der Waals surface area contributed by atoms with Gasteiger partial charge in [0.15, 0.2) is 0 Å². The highest BCUT2D eigenvalue weighted by Gasteiger charge is 1.99. The standard InChI is InChI=1S/C10H11N3S/c1-13(2)7-11-10-12-8-5-3-4-6-9(8)14-10/h3-7H,1-2H3/b11-7-. The molecule has 0 aliphatic carbocycles. The molecule has 14 heavy (non-hydrogen) atoms. The molecular weight excluding hydrogens is 194 g/mol. The molecule has 4 heteroatoms. The van der Waals surface area contributed by atoms with Gasteiger partial charge in [-0.25, -0.2) is 9.98 Å². The van der Waals surface area contributed by atoms with Crippen LogP contribution in [0.1, 0.15) is 0 Å². The highest BCUT2D eigenvalue weighted by molar-refractivity contribution is 7.21. The molecule has 1 aromatic heterocycles. The second-order valence-electron chi connectivity index (χ2n) is 3.17. The topological polar surface area (TPSA) is 28.5 Å². The van der Waals surface area contributed by atoms with E-state index in [1.54, 1.807) is 17.7 Å². The Morgan fingerprint density at radius 2 is 2.14 bits per heavy atom. The zero-order valence-electron chi connectivity index (χ0n) is 8.14. The SMILES string of the molecule is CN(C)/C=N\c1nc2ccccc2s1. The molecule has 0 aliphatic rings. The van der Waals surface area contributed by atoms with Crippen molar-refractivity contribution in [3.05, 3.63) is 24.3 Å². The Labute approximate surface area is 86.7 Å². The number of thiazole rings is 1. The molecule has 72 valence electrons. The van der Waals surface area contributed by atoms with Gasteiger partial charge in [-0.2, -0.15) is 0 Å². The molecule has 2 rings (SSSR count). The van der Waals surface area contributed by atoms with E-state index < -0.39 is 0 Å². The summed E-state index contributed by atoms with van der Waals surface area (Å²) in [5.41, 5.74) is 1.02. The van der Waals surface area contributed by atoms with E-state index in [2.05, 4.69) is 16.0 Å². The van der Waals surface area contributed by atoms with Gasteiger partial charge in [-0.3, -0.25) is 0 Å². The minimum atomic E-state index is 0.805. The van der Waals surface area contributed by atoms with E-state index in [0.29, 0.717) is 0 Å². The number of rotatable bonds is 2. The van der Waals surface area contributed by atoms with Crippen molar-refractivity contribution in [1.82, 2.24) is 9.88 Å². The van der Waals surface area contributed by atoms with Crippen LogP contribution >= 0.6 is 11.3 Å². The smallest absolute Gasteiger partial charge is 0.211 e. The lowest BCUT2D eigenvalue weighted by Crippen LogP contribution is -2.06. The monoisotopic (exact) mass is 205 g/mol. The first-order valence-electron chi connectivity index (χ1n) is 4.32. The van der Waals surface area contributed by atoms with Gasteiger partial charge >= 0.3 is 0 Å². The molecule has 0 radical (unpaired) electrons. The summed E-state index contributed by atoms with van der Waals surface area (Å²) in [5, 5.41) is 0.805. The Morgan fingerprint density at radius 3 is 2.86 bits per heavy atom. The molecule has 1 aromatic carbocycles. The zero-order chi connectivity index (χ0) is 9.97. The molecule has 0 unspecified atom stereocenters. The molecule has 0 atom stereocenters. The maximum Gasteiger partial charge on any atom is 0.211 e. The summed E-state index contributed by atoms with van der Waals surface area (Å²) in [4.78, 5) is 10.5. The van der Waals surface area contributed by atoms with Crippen LogP contribution in [-0.4, -0.2) is 30.3 Å². The highest BCUT2D eigenvalue weighted by Crippen LogP contribution is 2.27. The van der Waals surface area contributed by atoms with E-state index in [-0.39, 0.29) is 0 Å². The number of aromatic nitrogens is 1. The number of hydrogen-bond donors (Lipinski definition) is 0. The van der Waals surface area contributed by atoms with Crippen LogP contribution in [0.15, 0.2) is 29.3 Å². The predicted octanol–water partition coefficient (Wildman–Crippen LogP) is 2.52. The molecule has 0 N–H and O–H groups in total. The molecule has 0 spiro atoms. The Balaban J connectivity index is 2.36. The van der Waals surface area contributed by atoms with E-state index >= 15 is 0 Å². The second-order valence-corrected chi connectivity index (χ2v) is 4.18. The first-order chi connectivity index (χ1) is 6.75. The summed E-state index contributed by atoms with van der Waals surface area (Å²) in [6, 6.07) is 8.06. The largest absolute Gasteiger partial charge is 0.369 e. The maximum atomic E-state index is 4.38. The van der Waals surface area contributed by atoms with Crippen molar-refractivity contribution in [3.8, 4) is 0 Å². The zero-order valence-corrected chi connectivity index (χ0v) is 8.95. The quantitative estimate of drug-likeness (QED) is 0.556. The maximum absolute atomic E-state index is 4.38. The summed E-state index contributed by atoms with van der Waals surface area (Å²) in [6.07, 6.45) is 1.76. The number of para-hydroxylation sites is 1. The van der Waals surface area contributed by atoms with Gasteiger partial charge in [0.05, 0.1) is 16.6 Å². The van der Waals surface area contributed by atoms with E-state index in [4.69, 9.17) is 0 Å². The highest BCUT2D eigenvalue weighted by atomic mass is 32.1. The van der Waals surface area contributed by atoms with Crippen LogP contribution in [0, 0.1) is 0 Å². The second kappa shape index (κ2) is 3.75. The van der Waals surface area contributed by atoms with Gasteiger partial charge in [-0.15, -0.1) is 0 Å². The molecule has 0 fully saturated rings. The molecule has 3 nitrogen and oxygen atoms in total. The van der Waals surface area contributed by atoms with Gasteiger partial charge in [0.1, 0.15) is 0 Å². The molecule has 0 saturated heterocycles. The summed E-state index contributed by atoms with van der Waals surface area (Å²) in [6.45, 7) is 0. The third-order valence-corrected chi connectivity index (χ3v) is 2.63. The van der Waals surface area contributed by atoms with Crippen molar-refractivity contribution < 1.29 is 0 Å². The van der Waals surface area contributed by atoms with Gasteiger partial charge in [0.25, 0.3) is 0 Å². The van der Waals surface area contributed by atoms with E-state index in [0.717, 1.165) is 10.6 Å². The van der Waals surface area contributed by atoms with Crippen molar-refractivity contribution in [1.29, 1.82) is 0 Å². The van der Waals surface area contributed by atoms with Crippen molar-refractivity contribution in [2.24, 2.45) is 4.99 Å². The lowest BCUT2D eigenvalue weighted by atomic mass is 10.3. The number of aliphatic imine (C=N–C) groups is 1. The summed E-state index contributed by atoms with van der Waals surface area (Å²) >= 11 is 1.60. The molecular formula is C10H11N3S. The molecule has 0 aliphatic heterocycles. The average Bonchev–Trinajstić information content (AvgIpc) is 2.57. The third kappa shape index (κ3) is 1.90. The molecule has 2 aromatic rings. The third-order valence-electron chi connectivity index (χ3n) is 1.68. The normalized spacial score (nSPS) is 11.3. The fraction of sp³-hybridized carbons (Fsp3) is 0.200. The van der Waals surface area contributed by atoms with Crippen LogP contribution in [-0.2, 0) is 0 Å². The minimum Gasteiger partial charge on any atom is -0.369 e. The lowest BCUT2D eigenvalue weighted by molar-refractivity contribution is 0.643. The number of benzene rings is 1. The van der Waals surface area contributed by atoms with Crippen molar-refractivity contribution >= 4 is 33.0 Å². The van der Waals surface area contributed by atoms with Gasteiger partial charge in [-0.1, -0.05) is 23.5 Å². The van der Waals surface area contributed by atoms with Gasteiger partial charge in [0, 0.05) is 14.1 Å². The van der Waals surface area contributed by atoms with Crippen LogP contribution < -0.4 is 0 Å². The summed E-state index contributed by atoms with van der Waals surface area (Å²) in [5.74, 6) is 0. The van der Waals surface area contributed by atoms with E-state index in [1.165, 1.54) is 4.70 Å². The van der Waals surface area contributed by atoms with Crippen LogP contribution in [0.4, 0.5) is 5.13 Å². The Hall–Kier alpha value is -1.42. The Bertz CT molecular complexity index is 426. The fourth-order valence-electron chi connectivity index (χ4n) is 1.08. The summed E-state index contributed by atoms with van der Waals surface area (Å²) in [7, 11) is 3.88. The van der Waals surface area contributed by atoms with Gasteiger partial charge < -0.3 is 4.90 Å². The summed E-state index contributed by atoms with van der Waals surface area (Å²) < 4.78 is 1.18. The number of hydrogen-bond acceptors (Lipinski definition) is 3. The molecule has 0 amide bonds. The average molecular weight is 205 g/mol.